The lowest BCUT2D eigenvalue weighted by Crippen LogP contribution is -2.33. The van der Waals surface area contributed by atoms with Gasteiger partial charge >= 0.3 is 12.1 Å². The molecule has 22 heavy (non-hydrogen) atoms. The Morgan fingerprint density at radius 3 is 2.45 bits per heavy atom. The van der Waals surface area contributed by atoms with Gasteiger partial charge in [-0.1, -0.05) is 30.3 Å². The molecule has 0 heterocycles. The Morgan fingerprint density at radius 1 is 1.27 bits per heavy atom. The zero-order valence-corrected chi connectivity index (χ0v) is 11.9. The number of hydrogen-bond acceptors (Lipinski definition) is 3. The molecule has 2 rings (SSSR count). The predicted octanol–water partition coefficient (Wildman–Crippen LogP) is 2.80. The second-order valence-corrected chi connectivity index (χ2v) is 5.47. The van der Waals surface area contributed by atoms with E-state index in [0.29, 0.717) is 0 Å². The van der Waals surface area contributed by atoms with E-state index < -0.39 is 29.8 Å². The molecule has 0 bridgehead atoms. The summed E-state index contributed by atoms with van der Waals surface area (Å²) in [5.74, 6) is -4.07. The zero-order valence-electron chi connectivity index (χ0n) is 11.9. The predicted molar refractivity (Wildman–Crippen MR) is 73.5 cm³/mol. The van der Waals surface area contributed by atoms with E-state index in [-0.39, 0.29) is 26.0 Å². The van der Waals surface area contributed by atoms with Crippen molar-refractivity contribution in [2.24, 2.45) is 5.41 Å². The molecule has 1 saturated carbocycles. The summed E-state index contributed by atoms with van der Waals surface area (Å²) in [6.45, 7) is -0.244. The molecule has 1 unspecified atom stereocenters. The number of carboxylic acids is 1. The fraction of sp³-hybridized carbons (Fsp3) is 0.467. The molecule has 0 radical (unpaired) electrons. The smallest absolute Gasteiger partial charge is 0.407 e. The number of ether oxygens (including phenoxy) is 1. The molecule has 2 N–H and O–H groups in total. The summed E-state index contributed by atoms with van der Waals surface area (Å²) in [5.41, 5.74) is -0.674. The van der Waals surface area contributed by atoms with Crippen LogP contribution in [0.3, 0.4) is 0 Å². The Morgan fingerprint density at radius 2 is 1.91 bits per heavy atom. The van der Waals surface area contributed by atoms with Gasteiger partial charge in [0.1, 0.15) is 6.61 Å². The van der Waals surface area contributed by atoms with Crippen LogP contribution < -0.4 is 5.32 Å². The van der Waals surface area contributed by atoms with Crippen LogP contribution in [0.25, 0.3) is 0 Å². The Balaban J connectivity index is 1.78. The molecule has 1 aliphatic rings. The first kappa shape index (κ1) is 16.2. The molecule has 0 spiro atoms. The first-order chi connectivity index (χ1) is 10.3. The summed E-state index contributed by atoms with van der Waals surface area (Å²) in [4.78, 5) is 22.1. The number of rotatable bonds is 7. The molecule has 0 saturated heterocycles. The third-order valence-corrected chi connectivity index (χ3v) is 3.81. The van der Waals surface area contributed by atoms with Crippen molar-refractivity contribution in [3.63, 3.8) is 0 Å². The standard InChI is InChI=1S/C15H17F2NO4/c16-15(17)9-14(15,7-6-12(19)20)10-18-13(21)22-8-11-4-2-1-3-5-11/h1-5H,6-10H2,(H,18,21)(H,19,20). The largest absolute Gasteiger partial charge is 0.481 e. The maximum atomic E-state index is 13.4. The number of alkyl carbamates (subject to hydrolysis) is 1. The number of carbonyl (C=O) groups is 2. The number of carbonyl (C=O) groups excluding carboxylic acids is 1. The highest BCUT2D eigenvalue weighted by Gasteiger charge is 2.70. The van der Waals surface area contributed by atoms with E-state index in [1.807, 2.05) is 6.07 Å². The fourth-order valence-electron chi connectivity index (χ4n) is 2.29. The van der Waals surface area contributed by atoms with Crippen molar-refractivity contribution >= 4 is 12.1 Å². The van der Waals surface area contributed by atoms with Gasteiger partial charge in [-0.2, -0.15) is 0 Å². The zero-order chi connectivity index (χ0) is 16.2. The van der Waals surface area contributed by atoms with Crippen LogP contribution in [0.1, 0.15) is 24.8 Å². The number of halogens is 2. The SMILES string of the molecule is O=C(O)CCC1(CNC(=O)OCc2ccccc2)CC1(F)F. The average molecular weight is 313 g/mol. The van der Waals surface area contributed by atoms with Gasteiger partial charge in [-0.15, -0.1) is 0 Å². The molecule has 0 aliphatic heterocycles. The molecular weight excluding hydrogens is 296 g/mol. The fourth-order valence-corrected chi connectivity index (χ4v) is 2.29. The number of nitrogens with one attached hydrogen (secondary N) is 1. The first-order valence-electron chi connectivity index (χ1n) is 6.89. The van der Waals surface area contributed by atoms with Crippen LogP contribution in [0.2, 0.25) is 0 Å². The van der Waals surface area contributed by atoms with E-state index >= 15 is 0 Å². The van der Waals surface area contributed by atoms with Crippen molar-refractivity contribution in [2.45, 2.75) is 31.8 Å². The summed E-state index contributed by atoms with van der Waals surface area (Å²) in [6.07, 6.45) is -1.72. The van der Waals surface area contributed by atoms with Crippen molar-refractivity contribution < 1.29 is 28.2 Å². The van der Waals surface area contributed by atoms with Gasteiger partial charge < -0.3 is 15.2 Å². The van der Waals surface area contributed by atoms with Crippen molar-refractivity contribution in [1.82, 2.24) is 5.32 Å². The van der Waals surface area contributed by atoms with Crippen LogP contribution in [0, 0.1) is 5.41 Å². The molecule has 1 amide bonds. The molecule has 5 nitrogen and oxygen atoms in total. The maximum Gasteiger partial charge on any atom is 0.407 e. The van der Waals surface area contributed by atoms with E-state index in [1.54, 1.807) is 24.3 Å². The lowest BCUT2D eigenvalue weighted by Gasteiger charge is -2.16. The first-order valence-corrected chi connectivity index (χ1v) is 6.89. The highest BCUT2D eigenvalue weighted by molar-refractivity contribution is 5.68. The molecular formula is C15H17F2NO4. The van der Waals surface area contributed by atoms with Gasteiger partial charge in [-0.05, 0) is 12.0 Å². The second-order valence-electron chi connectivity index (χ2n) is 5.47. The molecule has 1 fully saturated rings. The highest BCUT2D eigenvalue weighted by atomic mass is 19.3. The van der Waals surface area contributed by atoms with Crippen LogP contribution >= 0.6 is 0 Å². The van der Waals surface area contributed by atoms with Gasteiger partial charge in [0, 0.05) is 19.4 Å². The minimum Gasteiger partial charge on any atom is -0.481 e. The minimum atomic E-state index is -2.94. The van der Waals surface area contributed by atoms with Crippen LogP contribution in [0.4, 0.5) is 13.6 Å². The lowest BCUT2D eigenvalue weighted by atomic mass is 9.99. The summed E-state index contributed by atoms with van der Waals surface area (Å²) in [6, 6.07) is 8.96. The third-order valence-electron chi connectivity index (χ3n) is 3.81. The van der Waals surface area contributed by atoms with Gasteiger partial charge in [-0.3, -0.25) is 4.79 Å². The normalized spacial score (nSPS) is 21.9. The number of carboxylic acid groups (broad SMARTS) is 1. The number of benzene rings is 1. The third kappa shape index (κ3) is 3.93. The second kappa shape index (κ2) is 6.29. The topological polar surface area (TPSA) is 75.6 Å². The average Bonchev–Trinajstić information content (AvgIpc) is 3.04. The minimum absolute atomic E-state index is 0.0468. The van der Waals surface area contributed by atoms with Crippen molar-refractivity contribution in [2.75, 3.05) is 6.54 Å². The Bertz CT molecular complexity index is 550. The summed E-state index contributed by atoms with van der Waals surface area (Å²) < 4.78 is 31.8. The van der Waals surface area contributed by atoms with Crippen LogP contribution in [0.5, 0.6) is 0 Å². The van der Waals surface area contributed by atoms with Gasteiger partial charge in [0.05, 0.1) is 5.41 Å². The molecule has 7 heteroatoms. The molecule has 120 valence electrons. The Labute approximate surface area is 126 Å². The molecule has 1 aliphatic carbocycles. The summed E-state index contributed by atoms with van der Waals surface area (Å²) in [5, 5.41) is 10.9. The molecule has 0 aromatic heterocycles. The van der Waals surface area contributed by atoms with E-state index in [4.69, 9.17) is 9.84 Å². The van der Waals surface area contributed by atoms with Crippen LogP contribution in [-0.4, -0.2) is 29.6 Å². The van der Waals surface area contributed by atoms with Gasteiger partial charge in [-0.25, -0.2) is 13.6 Å². The Hall–Kier alpha value is -2.18. The Kier molecular flexibility index (Phi) is 4.63. The monoisotopic (exact) mass is 313 g/mol. The quantitative estimate of drug-likeness (QED) is 0.811. The number of hydrogen-bond donors (Lipinski definition) is 2. The van der Waals surface area contributed by atoms with E-state index in [9.17, 15) is 18.4 Å². The number of alkyl halides is 2. The van der Waals surface area contributed by atoms with E-state index in [0.717, 1.165) is 5.56 Å². The maximum absolute atomic E-state index is 13.4. The molecule has 1 aromatic carbocycles. The van der Waals surface area contributed by atoms with Gasteiger partial charge in [0.2, 0.25) is 0 Å². The van der Waals surface area contributed by atoms with Gasteiger partial charge in [0.15, 0.2) is 0 Å². The number of amides is 1. The van der Waals surface area contributed by atoms with Crippen molar-refractivity contribution in [3.05, 3.63) is 35.9 Å². The van der Waals surface area contributed by atoms with E-state index in [2.05, 4.69) is 5.32 Å². The van der Waals surface area contributed by atoms with Crippen LogP contribution in [0.15, 0.2) is 30.3 Å². The van der Waals surface area contributed by atoms with E-state index in [1.165, 1.54) is 0 Å². The summed E-state index contributed by atoms with van der Waals surface area (Å²) in [7, 11) is 0. The van der Waals surface area contributed by atoms with Crippen molar-refractivity contribution in [1.29, 1.82) is 0 Å². The van der Waals surface area contributed by atoms with Gasteiger partial charge in [0.25, 0.3) is 5.92 Å². The highest BCUT2D eigenvalue weighted by Crippen LogP contribution is 2.62. The summed E-state index contributed by atoms with van der Waals surface area (Å²) >= 11 is 0. The van der Waals surface area contributed by atoms with Crippen LogP contribution in [-0.2, 0) is 16.1 Å². The number of aliphatic carboxylic acids is 1. The van der Waals surface area contributed by atoms with Crippen molar-refractivity contribution in [3.8, 4) is 0 Å². The molecule has 1 atom stereocenters. The lowest BCUT2D eigenvalue weighted by molar-refractivity contribution is -0.137. The molecule has 1 aromatic rings.